The van der Waals surface area contributed by atoms with Gasteiger partial charge in [0.15, 0.2) is 6.61 Å². The Morgan fingerprint density at radius 2 is 1.54 bits per heavy atom. The van der Waals surface area contributed by atoms with Crippen LogP contribution in [0, 0.1) is 0 Å². The normalized spacial score (nSPS) is 14.7. The van der Waals surface area contributed by atoms with E-state index in [0.717, 1.165) is 31.3 Å². The number of ether oxygens (including phenoxy) is 1. The number of carbonyl (C=O) groups is 1. The van der Waals surface area contributed by atoms with E-state index in [2.05, 4.69) is 32.9 Å². The van der Waals surface area contributed by atoms with Crippen LogP contribution in [-0.2, 0) is 23.1 Å². The highest BCUT2D eigenvalue weighted by Gasteiger charge is 2.23. The van der Waals surface area contributed by atoms with Crippen molar-refractivity contribution >= 4 is 13.6 Å². The Hall–Kier alpha value is -1.16. The zero-order valence-electron chi connectivity index (χ0n) is 17.2. The van der Waals surface area contributed by atoms with Gasteiger partial charge < -0.3 is 9.26 Å². The first-order chi connectivity index (χ1) is 12.2. The highest BCUT2D eigenvalue weighted by Crippen LogP contribution is 2.47. The fourth-order valence-corrected chi connectivity index (χ4v) is 3.34. The average molecular weight is 386 g/mol. The summed E-state index contributed by atoms with van der Waals surface area (Å²) in [6.07, 6.45) is 10.5. The van der Waals surface area contributed by atoms with Gasteiger partial charge in [0.05, 0.1) is 12.8 Å². The minimum atomic E-state index is -3.31. The molecule has 0 amide bonds. The van der Waals surface area contributed by atoms with Crippen LogP contribution in [-0.4, -0.2) is 32.5 Å². The van der Waals surface area contributed by atoms with E-state index in [0.29, 0.717) is 0 Å². The number of hydrogen-bond acceptors (Lipinski definition) is 5. The van der Waals surface area contributed by atoms with Crippen molar-refractivity contribution in [3.05, 3.63) is 34.9 Å². The molecule has 0 bridgehead atoms. The summed E-state index contributed by atoms with van der Waals surface area (Å²) in [5.74, 6) is -0.542. The van der Waals surface area contributed by atoms with Crippen LogP contribution in [0.25, 0.3) is 0 Å². The molecule has 0 aromatic carbocycles. The Morgan fingerprint density at radius 3 is 2.08 bits per heavy atom. The zero-order valence-corrected chi connectivity index (χ0v) is 18.1. The number of rotatable bonds is 13. The number of carbonyl (C=O) groups excluding carboxylic acids is 1. The molecule has 0 heterocycles. The van der Waals surface area contributed by atoms with E-state index in [1.807, 2.05) is 13.0 Å². The van der Waals surface area contributed by atoms with E-state index in [-0.39, 0.29) is 19.4 Å². The van der Waals surface area contributed by atoms with Gasteiger partial charge in [-0.05, 0) is 60.3 Å². The lowest BCUT2D eigenvalue weighted by atomic mass is 10.1. The van der Waals surface area contributed by atoms with E-state index in [9.17, 15) is 9.36 Å². The van der Waals surface area contributed by atoms with Crippen LogP contribution in [0.4, 0.5) is 0 Å². The molecule has 1 atom stereocenters. The molecule has 0 rings (SSSR count). The van der Waals surface area contributed by atoms with E-state index in [1.54, 1.807) is 6.92 Å². The Morgan fingerprint density at radius 1 is 0.962 bits per heavy atom. The van der Waals surface area contributed by atoms with E-state index in [4.69, 9.17) is 13.8 Å². The summed E-state index contributed by atoms with van der Waals surface area (Å²) in [6.45, 7) is 9.99. The molecule has 1 unspecified atom stereocenters. The molecule has 0 radical (unpaired) electrons. The van der Waals surface area contributed by atoms with Gasteiger partial charge in [0.2, 0.25) is 0 Å². The molecule has 0 aliphatic carbocycles. The highest BCUT2D eigenvalue weighted by molar-refractivity contribution is 7.54. The van der Waals surface area contributed by atoms with Gasteiger partial charge in [-0.15, -0.1) is 0 Å². The van der Waals surface area contributed by atoms with Gasteiger partial charge in [-0.1, -0.05) is 34.9 Å². The Balaban J connectivity index is 4.36. The summed E-state index contributed by atoms with van der Waals surface area (Å²) in [5, 5.41) is 0. The third kappa shape index (κ3) is 13.1. The first-order valence-electron chi connectivity index (χ1n) is 9.12. The van der Waals surface area contributed by atoms with E-state index < -0.39 is 13.6 Å². The van der Waals surface area contributed by atoms with Gasteiger partial charge in [-0.25, -0.2) is 4.79 Å². The Labute approximate surface area is 159 Å². The van der Waals surface area contributed by atoms with Crippen molar-refractivity contribution in [2.24, 2.45) is 0 Å². The van der Waals surface area contributed by atoms with Crippen LogP contribution < -0.4 is 0 Å². The van der Waals surface area contributed by atoms with E-state index >= 15 is 0 Å². The second kappa shape index (κ2) is 14.0. The van der Waals surface area contributed by atoms with Gasteiger partial charge in [0.25, 0.3) is 0 Å². The molecule has 0 aromatic heterocycles. The minimum absolute atomic E-state index is 0.151. The molecule has 0 aromatic rings. The molecule has 150 valence electrons. The fourth-order valence-electron chi connectivity index (χ4n) is 2.14. The fraction of sp³-hybridized carbons (Fsp3) is 0.650. The van der Waals surface area contributed by atoms with Crippen LogP contribution in [0.5, 0.6) is 0 Å². The SMILES string of the molecule is CCOC(=O)COP(=O)(C/C=C(\C)CC/C=C(\C)CCC=C(C)C)OC. The zero-order chi connectivity index (χ0) is 20.0. The number of allylic oxidation sites excluding steroid dienone is 6. The lowest BCUT2D eigenvalue weighted by molar-refractivity contribution is -0.145. The molecule has 26 heavy (non-hydrogen) atoms. The molecule has 0 aliphatic heterocycles. The minimum Gasteiger partial charge on any atom is -0.464 e. The molecular weight excluding hydrogens is 351 g/mol. The molecule has 0 saturated carbocycles. The summed E-state index contributed by atoms with van der Waals surface area (Å²) >= 11 is 0. The van der Waals surface area contributed by atoms with Crippen LogP contribution >= 0.6 is 7.60 Å². The number of esters is 1. The Bertz CT molecular complexity index is 557. The molecule has 0 spiro atoms. The highest BCUT2D eigenvalue weighted by atomic mass is 31.2. The van der Waals surface area contributed by atoms with Gasteiger partial charge in [0, 0.05) is 7.11 Å². The summed E-state index contributed by atoms with van der Waals surface area (Å²) in [5.41, 5.74) is 3.86. The lowest BCUT2D eigenvalue weighted by Crippen LogP contribution is -2.12. The summed E-state index contributed by atoms with van der Waals surface area (Å²) in [6, 6.07) is 0. The maximum atomic E-state index is 12.4. The molecule has 6 heteroatoms. The van der Waals surface area contributed by atoms with Gasteiger partial charge >= 0.3 is 13.6 Å². The maximum Gasteiger partial charge on any atom is 0.334 e. The molecule has 5 nitrogen and oxygen atoms in total. The molecule has 0 fully saturated rings. The van der Waals surface area contributed by atoms with Crippen molar-refractivity contribution in [1.29, 1.82) is 0 Å². The van der Waals surface area contributed by atoms with Crippen molar-refractivity contribution in [3.63, 3.8) is 0 Å². The first-order valence-corrected chi connectivity index (χ1v) is 10.8. The van der Waals surface area contributed by atoms with E-state index in [1.165, 1.54) is 18.3 Å². The number of hydrogen-bond donors (Lipinski definition) is 0. The lowest BCUT2D eigenvalue weighted by Gasteiger charge is -2.14. The first kappa shape index (κ1) is 24.8. The van der Waals surface area contributed by atoms with Crippen molar-refractivity contribution in [2.45, 2.75) is 60.3 Å². The van der Waals surface area contributed by atoms with Crippen LogP contribution in [0.2, 0.25) is 0 Å². The van der Waals surface area contributed by atoms with Crippen LogP contribution in [0.15, 0.2) is 34.9 Å². The predicted octanol–water partition coefficient (Wildman–Crippen LogP) is 5.82. The monoisotopic (exact) mass is 386 g/mol. The Kier molecular flexibility index (Phi) is 13.3. The predicted molar refractivity (Wildman–Crippen MR) is 107 cm³/mol. The largest absolute Gasteiger partial charge is 0.464 e. The maximum absolute atomic E-state index is 12.4. The van der Waals surface area contributed by atoms with Crippen LogP contribution in [0.3, 0.4) is 0 Å². The average Bonchev–Trinajstić information content (AvgIpc) is 2.58. The van der Waals surface area contributed by atoms with Crippen molar-refractivity contribution < 1.29 is 23.1 Å². The molecular formula is C20H35O5P. The standard InChI is InChI=1S/C20H35O5P/c1-7-24-20(21)16-25-26(22,23-6)15-14-19(5)13-9-12-18(4)11-8-10-17(2)3/h10,12,14H,7-9,11,13,15-16H2,1-6H3/b18-12+,19-14+. The molecule has 0 saturated heterocycles. The van der Waals surface area contributed by atoms with Crippen molar-refractivity contribution in [3.8, 4) is 0 Å². The van der Waals surface area contributed by atoms with Gasteiger partial charge in [0.1, 0.15) is 0 Å². The third-order valence-corrected chi connectivity index (χ3v) is 5.46. The van der Waals surface area contributed by atoms with Crippen molar-refractivity contribution in [2.75, 3.05) is 26.5 Å². The van der Waals surface area contributed by atoms with Crippen molar-refractivity contribution in [1.82, 2.24) is 0 Å². The second-order valence-corrected chi connectivity index (χ2v) is 8.72. The van der Waals surface area contributed by atoms with Crippen LogP contribution in [0.1, 0.15) is 60.3 Å². The van der Waals surface area contributed by atoms with Gasteiger partial charge in [-0.3, -0.25) is 9.09 Å². The summed E-state index contributed by atoms with van der Waals surface area (Å²) < 4.78 is 27.3. The summed E-state index contributed by atoms with van der Waals surface area (Å²) in [4.78, 5) is 11.3. The summed E-state index contributed by atoms with van der Waals surface area (Å²) in [7, 11) is -1.98. The third-order valence-electron chi connectivity index (χ3n) is 3.75. The smallest absolute Gasteiger partial charge is 0.334 e. The van der Waals surface area contributed by atoms with Gasteiger partial charge in [-0.2, -0.15) is 0 Å². The molecule has 0 aliphatic rings. The topological polar surface area (TPSA) is 61.8 Å². The molecule has 0 N–H and O–H groups in total. The second-order valence-electron chi connectivity index (χ2n) is 6.51. The quantitative estimate of drug-likeness (QED) is 0.227.